The van der Waals surface area contributed by atoms with Crippen molar-refractivity contribution in [2.45, 2.75) is 0 Å². The summed E-state index contributed by atoms with van der Waals surface area (Å²) in [6.45, 7) is 2.03. The molecule has 0 unspecified atom stereocenters. The highest BCUT2D eigenvalue weighted by atomic mass is 16.3. The number of hydrogen-bond donors (Lipinski definition) is 3. The molecule has 0 saturated carbocycles. The Bertz CT molecular complexity index is 85.6. The maximum absolute atomic E-state index is 8.68. The number of nitrogens with zero attached hydrogens (tertiary/aromatic N) is 1. The van der Waals surface area contributed by atoms with Gasteiger partial charge in [-0.2, -0.15) is 0 Å². The van der Waals surface area contributed by atoms with E-state index in [1.54, 1.807) is 0 Å². The number of rotatable bonds is 6. The lowest BCUT2D eigenvalue weighted by atomic mass is 10.4. The van der Waals surface area contributed by atoms with Crippen LogP contribution in [0.3, 0.4) is 0 Å². The van der Waals surface area contributed by atoms with Gasteiger partial charge in [0.2, 0.25) is 0 Å². The first-order valence-corrected chi connectivity index (χ1v) is 3.84. The monoisotopic (exact) mass is 179 g/mol. The molecule has 0 fully saturated rings. The standard InChI is InChI=1S/C7H18NO3.BH4/c1-8(2-5-9,3-6-10)4-7-11;/h9-11H,2-7H2,1H3;1H4/q+1;-1. The fourth-order valence-electron chi connectivity index (χ4n) is 1.06. The molecule has 0 aliphatic carbocycles. The molecule has 0 spiro atoms. The Hall–Kier alpha value is -0.0951. The second-order valence-corrected chi connectivity index (χ2v) is 2.96. The molecule has 0 atom stereocenters. The molecule has 0 aromatic rings. The van der Waals surface area contributed by atoms with Gasteiger partial charge in [0, 0.05) is 0 Å². The van der Waals surface area contributed by atoms with E-state index in [1.807, 2.05) is 7.05 Å². The zero-order valence-electron chi connectivity index (χ0n) is 7.03. The summed E-state index contributed by atoms with van der Waals surface area (Å²) in [5, 5.41) is 26.0. The van der Waals surface area contributed by atoms with Crippen molar-refractivity contribution in [3.63, 3.8) is 0 Å². The summed E-state index contributed by atoms with van der Waals surface area (Å²) in [4.78, 5) is 0. The van der Waals surface area contributed by atoms with E-state index < -0.39 is 0 Å². The molecule has 0 saturated heterocycles. The molecule has 0 heterocycles. The highest BCUT2D eigenvalue weighted by Gasteiger charge is 2.18. The number of aliphatic hydroxyl groups excluding tert-OH is 3. The first-order valence-electron chi connectivity index (χ1n) is 3.84. The second kappa shape index (κ2) is 7.55. The highest BCUT2D eigenvalue weighted by molar-refractivity contribution is 5.75. The average Bonchev–Trinajstić information content (AvgIpc) is 1.88. The Labute approximate surface area is 75.6 Å². The molecule has 3 N–H and O–H groups in total. The van der Waals surface area contributed by atoms with Gasteiger partial charge < -0.3 is 19.8 Å². The first kappa shape index (κ1) is 14.4. The predicted molar refractivity (Wildman–Crippen MR) is 53.4 cm³/mol. The Balaban J connectivity index is 0. The van der Waals surface area contributed by atoms with Gasteiger partial charge in [-0.05, 0) is 0 Å². The van der Waals surface area contributed by atoms with Crippen molar-refractivity contribution in [3.05, 3.63) is 0 Å². The van der Waals surface area contributed by atoms with Crippen molar-refractivity contribution in [2.24, 2.45) is 0 Å². The van der Waals surface area contributed by atoms with E-state index >= 15 is 0 Å². The summed E-state index contributed by atoms with van der Waals surface area (Å²) < 4.78 is 0.531. The molecule has 0 bridgehead atoms. The van der Waals surface area contributed by atoms with E-state index in [4.69, 9.17) is 15.3 Å². The molecule has 0 amide bonds. The van der Waals surface area contributed by atoms with Crippen LogP contribution >= 0.6 is 0 Å². The molecule has 12 heavy (non-hydrogen) atoms. The van der Waals surface area contributed by atoms with E-state index in [0.29, 0.717) is 24.1 Å². The fraction of sp³-hybridized carbons (Fsp3) is 1.00. The van der Waals surface area contributed by atoms with Crippen LogP contribution in [-0.2, 0) is 0 Å². The Kier molecular flexibility index (Phi) is 9.08. The maximum Gasteiger partial charge on any atom is 0.102 e. The summed E-state index contributed by atoms with van der Waals surface area (Å²) in [6.07, 6.45) is 0. The quantitative estimate of drug-likeness (QED) is 0.300. The van der Waals surface area contributed by atoms with E-state index in [1.165, 1.54) is 0 Å². The fourth-order valence-corrected chi connectivity index (χ4v) is 1.06. The topological polar surface area (TPSA) is 60.7 Å². The summed E-state index contributed by atoms with van der Waals surface area (Å²) in [7, 11) is 1.91. The molecule has 0 radical (unpaired) electrons. The lowest BCUT2D eigenvalue weighted by Gasteiger charge is -2.32. The highest BCUT2D eigenvalue weighted by Crippen LogP contribution is 1.99. The Morgan fingerprint density at radius 2 is 1.08 bits per heavy atom. The molecule has 0 rings (SSSR count). The molecule has 0 aromatic heterocycles. The summed E-state index contributed by atoms with van der Waals surface area (Å²) in [6, 6.07) is 0. The van der Waals surface area contributed by atoms with Crippen molar-refractivity contribution in [1.82, 2.24) is 0 Å². The van der Waals surface area contributed by atoms with Gasteiger partial charge in [0.15, 0.2) is 0 Å². The van der Waals surface area contributed by atoms with Crippen molar-refractivity contribution >= 4 is 8.41 Å². The number of hydrogen-bond acceptors (Lipinski definition) is 3. The number of likely N-dealkylation sites (N-methyl/N-ethyl adjacent to an activating group) is 1. The molecule has 5 heteroatoms. The molecule has 0 aromatic carbocycles. The second-order valence-electron chi connectivity index (χ2n) is 2.96. The smallest absolute Gasteiger partial charge is 0.102 e. The zero-order chi connectivity index (χ0) is 8.74. The molecule has 0 aliphatic rings. The third-order valence-corrected chi connectivity index (χ3v) is 1.92. The van der Waals surface area contributed by atoms with Crippen LogP contribution in [0.15, 0.2) is 0 Å². The third-order valence-electron chi connectivity index (χ3n) is 1.92. The number of aliphatic hydroxyl groups is 3. The minimum absolute atomic E-state index is 0. The van der Waals surface area contributed by atoms with Crippen molar-refractivity contribution in [2.75, 3.05) is 46.5 Å². The van der Waals surface area contributed by atoms with Gasteiger partial charge in [0.1, 0.15) is 19.6 Å². The van der Waals surface area contributed by atoms with E-state index in [9.17, 15) is 0 Å². The van der Waals surface area contributed by atoms with Crippen LogP contribution in [0.25, 0.3) is 0 Å². The normalized spacial score (nSPS) is 11.0. The first-order chi connectivity index (χ1) is 5.18. The molecule has 76 valence electrons. The minimum Gasteiger partial charge on any atom is -0.391 e. The van der Waals surface area contributed by atoms with Crippen LogP contribution in [0.2, 0.25) is 0 Å². The molecule has 4 nitrogen and oxygen atoms in total. The van der Waals surface area contributed by atoms with Gasteiger partial charge in [-0.3, -0.25) is 0 Å². The van der Waals surface area contributed by atoms with Crippen molar-refractivity contribution in [3.8, 4) is 0 Å². The zero-order valence-corrected chi connectivity index (χ0v) is 7.03. The van der Waals surface area contributed by atoms with Crippen LogP contribution in [0, 0.1) is 0 Å². The van der Waals surface area contributed by atoms with E-state index in [0.717, 1.165) is 0 Å². The van der Waals surface area contributed by atoms with Gasteiger partial charge in [0.05, 0.1) is 26.9 Å². The minimum atomic E-state index is 0. The van der Waals surface area contributed by atoms with Gasteiger partial charge >= 0.3 is 0 Å². The van der Waals surface area contributed by atoms with Crippen molar-refractivity contribution < 1.29 is 19.8 Å². The van der Waals surface area contributed by atoms with Crippen LogP contribution in [-0.4, -0.2) is 74.7 Å². The van der Waals surface area contributed by atoms with Gasteiger partial charge in [-0.15, -0.1) is 0 Å². The summed E-state index contributed by atoms with van der Waals surface area (Å²) in [5.41, 5.74) is 0. The molecular weight excluding hydrogens is 157 g/mol. The van der Waals surface area contributed by atoms with Gasteiger partial charge in [-0.25, -0.2) is 0 Å². The largest absolute Gasteiger partial charge is 0.391 e. The van der Waals surface area contributed by atoms with Crippen LogP contribution in [0.4, 0.5) is 0 Å². The van der Waals surface area contributed by atoms with E-state index in [2.05, 4.69) is 0 Å². The van der Waals surface area contributed by atoms with Gasteiger partial charge in [-0.1, -0.05) is 8.41 Å². The average molecular weight is 179 g/mol. The number of quaternary nitrogens is 1. The van der Waals surface area contributed by atoms with Crippen LogP contribution < -0.4 is 0 Å². The SMILES string of the molecule is C[N+](CCO)(CCO)CCO.[BH4-]. The Morgan fingerprint density at radius 1 is 0.833 bits per heavy atom. The molecule has 0 aliphatic heterocycles. The van der Waals surface area contributed by atoms with Crippen LogP contribution in [0.5, 0.6) is 0 Å². The summed E-state index contributed by atoms with van der Waals surface area (Å²) in [5.74, 6) is 0. The lowest BCUT2D eigenvalue weighted by Crippen LogP contribution is -2.49. The maximum atomic E-state index is 8.68. The predicted octanol–water partition coefficient (Wildman–Crippen LogP) is -3.04. The van der Waals surface area contributed by atoms with Crippen LogP contribution in [0.1, 0.15) is 0 Å². The third kappa shape index (κ3) is 5.54. The molecular formula is C7H22BNO3. The van der Waals surface area contributed by atoms with Crippen molar-refractivity contribution in [1.29, 1.82) is 0 Å². The lowest BCUT2D eigenvalue weighted by molar-refractivity contribution is -0.910. The Morgan fingerprint density at radius 3 is 1.25 bits per heavy atom. The van der Waals surface area contributed by atoms with E-state index in [-0.39, 0.29) is 28.2 Å². The summed E-state index contributed by atoms with van der Waals surface area (Å²) >= 11 is 0. The van der Waals surface area contributed by atoms with Gasteiger partial charge in [0.25, 0.3) is 0 Å².